The van der Waals surface area contributed by atoms with Gasteiger partial charge >= 0.3 is 0 Å². The van der Waals surface area contributed by atoms with Gasteiger partial charge in [0.15, 0.2) is 0 Å². The van der Waals surface area contributed by atoms with Crippen LogP contribution in [0.3, 0.4) is 0 Å². The number of benzene rings is 1. The third-order valence-electron chi connectivity index (χ3n) is 3.84. The fourth-order valence-corrected chi connectivity index (χ4v) is 3.00. The Morgan fingerprint density at radius 1 is 1.25 bits per heavy atom. The maximum absolute atomic E-state index is 6.20. The van der Waals surface area contributed by atoms with Gasteiger partial charge in [0.25, 0.3) is 0 Å². The third kappa shape index (κ3) is 2.54. The van der Waals surface area contributed by atoms with Crippen molar-refractivity contribution in [3.63, 3.8) is 0 Å². The number of hydrogen-bond acceptors (Lipinski definition) is 2. The standard InChI is InChI=1S/C17H19ClN2/c18-14-6-7-16-15-5-2-1-4-13(15)8-11-20(10-3-9-19)17(16)12-14/h1,4,6-8,11-12H,2-3,5,9-10,19H2. The highest BCUT2D eigenvalue weighted by atomic mass is 35.5. The number of allylic oxidation sites excluding steroid dienone is 5. The first-order valence-corrected chi connectivity index (χ1v) is 7.52. The number of anilines is 1. The highest BCUT2D eigenvalue weighted by Gasteiger charge is 2.19. The van der Waals surface area contributed by atoms with E-state index < -0.39 is 0 Å². The molecule has 104 valence electrons. The number of nitrogens with zero attached hydrogens (tertiary/aromatic N) is 1. The molecular formula is C17H19ClN2. The van der Waals surface area contributed by atoms with E-state index >= 15 is 0 Å². The van der Waals surface area contributed by atoms with Crippen LogP contribution < -0.4 is 10.6 Å². The van der Waals surface area contributed by atoms with E-state index in [2.05, 4.69) is 41.5 Å². The summed E-state index contributed by atoms with van der Waals surface area (Å²) in [5.41, 5.74) is 10.9. The van der Waals surface area contributed by atoms with Crippen LogP contribution in [0.25, 0.3) is 5.57 Å². The van der Waals surface area contributed by atoms with E-state index in [-0.39, 0.29) is 0 Å². The minimum absolute atomic E-state index is 0.702. The summed E-state index contributed by atoms with van der Waals surface area (Å²) in [6.45, 7) is 1.62. The van der Waals surface area contributed by atoms with E-state index in [9.17, 15) is 0 Å². The van der Waals surface area contributed by atoms with Gasteiger partial charge in [0.2, 0.25) is 0 Å². The lowest BCUT2D eigenvalue weighted by atomic mass is 9.91. The average Bonchev–Trinajstić information content (AvgIpc) is 2.62. The number of nitrogens with two attached hydrogens (primary N) is 1. The predicted molar refractivity (Wildman–Crippen MR) is 86.9 cm³/mol. The second-order valence-electron chi connectivity index (χ2n) is 5.19. The normalized spacial score (nSPS) is 17.0. The first kappa shape index (κ1) is 13.5. The Balaban J connectivity index is 2.09. The van der Waals surface area contributed by atoms with Crippen molar-refractivity contribution in [3.05, 3.63) is 58.8 Å². The molecule has 0 amide bonds. The van der Waals surface area contributed by atoms with Gasteiger partial charge in [-0.25, -0.2) is 0 Å². The van der Waals surface area contributed by atoms with Gasteiger partial charge in [-0.3, -0.25) is 0 Å². The molecule has 0 radical (unpaired) electrons. The number of halogens is 1. The van der Waals surface area contributed by atoms with E-state index in [4.69, 9.17) is 17.3 Å². The molecule has 1 aromatic rings. The van der Waals surface area contributed by atoms with Crippen LogP contribution in [0.1, 0.15) is 24.8 Å². The van der Waals surface area contributed by atoms with Crippen LogP contribution in [-0.4, -0.2) is 13.1 Å². The highest BCUT2D eigenvalue weighted by molar-refractivity contribution is 6.31. The van der Waals surface area contributed by atoms with Gasteiger partial charge in [0.05, 0.1) is 0 Å². The first-order valence-electron chi connectivity index (χ1n) is 7.14. The highest BCUT2D eigenvalue weighted by Crippen LogP contribution is 2.39. The van der Waals surface area contributed by atoms with Gasteiger partial charge in [0, 0.05) is 29.0 Å². The van der Waals surface area contributed by atoms with Crippen LogP contribution in [-0.2, 0) is 0 Å². The molecule has 20 heavy (non-hydrogen) atoms. The van der Waals surface area contributed by atoms with Crippen LogP contribution in [0.15, 0.2) is 48.2 Å². The maximum atomic E-state index is 6.20. The Hall–Kier alpha value is -1.51. The third-order valence-corrected chi connectivity index (χ3v) is 4.07. The van der Waals surface area contributed by atoms with Gasteiger partial charge in [-0.15, -0.1) is 0 Å². The zero-order valence-electron chi connectivity index (χ0n) is 11.5. The molecule has 1 heterocycles. The zero-order valence-corrected chi connectivity index (χ0v) is 12.2. The molecule has 0 fully saturated rings. The fourth-order valence-electron chi connectivity index (χ4n) is 2.83. The predicted octanol–water partition coefficient (Wildman–Crippen LogP) is 4.13. The maximum Gasteiger partial charge on any atom is 0.0497 e. The van der Waals surface area contributed by atoms with Crippen LogP contribution in [0.4, 0.5) is 5.69 Å². The summed E-state index contributed by atoms with van der Waals surface area (Å²) in [7, 11) is 0. The lowest BCUT2D eigenvalue weighted by molar-refractivity contribution is 0.814. The lowest BCUT2D eigenvalue weighted by Gasteiger charge is -2.23. The molecule has 0 saturated heterocycles. The molecule has 3 rings (SSSR count). The zero-order chi connectivity index (χ0) is 13.9. The molecule has 0 unspecified atom stereocenters. The van der Waals surface area contributed by atoms with E-state index in [1.807, 2.05) is 6.07 Å². The molecule has 1 aliphatic heterocycles. The van der Waals surface area contributed by atoms with Crippen LogP contribution in [0.2, 0.25) is 5.02 Å². The minimum Gasteiger partial charge on any atom is -0.347 e. The van der Waals surface area contributed by atoms with Crippen molar-refractivity contribution >= 4 is 22.9 Å². The van der Waals surface area contributed by atoms with Crippen molar-refractivity contribution in [2.45, 2.75) is 19.3 Å². The van der Waals surface area contributed by atoms with Gasteiger partial charge in [-0.1, -0.05) is 29.8 Å². The van der Waals surface area contributed by atoms with Gasteiger partial charge < -0.3 is 10.6 Å². The minimum atomic E-state index is 0.702. The van der Waals surface area contributed by atoms with Crippen LogP contribution >= 0.6 is 11.6 Å². The molecule has 1 aliphatic carbocycles. The van der Waals surface area contributed by atoms with E-state index in [1.165, 1.54) is 22.4 Å². The Labute approximate surface area is 125 Å². The Kier molecular flexibility index (Phi) is 3.95. The van der Waals surface area contributed by atoms with Gasteiger partial charge in [0.1, 0.15) is 0 Å². The summed E-state index contributed by atoms with van der Waals surface area (Å²) >= 11 is 6.20. The molecule has 1 aromatic carbocycles. The van der Waals surface area contributed by atoms with Crippen molar-refractivity contribution in [1.29, 1.82) is 0 Å². The smallest absolute Gasteiger partial charge is 0.0497 e. The molecule has 0 atom stereocenters. The molecule has 2 nitrogen and oxygen atoms in total. The topological polar surface area (TPSA) is 29.3 Å². The monoisotopic (exact) mass is 286 g/mol. The molecule has 3 heteroatoms. The molecular weight excluding hydrogens is 268 g/mol. The van der Waals surface area contributed by atoms with E-state index in [1.54, 1.807) is 0 Å². The SMILES string of the molecule is NCCCN1C=CC2=C(CCC=C2)c2ccc(Cl)cc21. The number of hydrogen-bond donors (Lipinski definition) is 1. The second-order valence-corrected chi connectivity index (χ2v) is 5.62. The summed E-state index contributed by atoms with van der Waals surface area (Å²) in [5, 5.41) is 0.783. The summed E-state index contributed by atoms with van der Waals surface area (Å²) in [6, 6.07) is 6.19. The van der Waals surface area contributed by atoms with Crippen molar-refractivity contribution in [1.82, 2.24) is 0 Å². The summed E-state index contributed by atoms with van der Waals surface area (Å²) in [5.74, 6) is 0. The van der Waals surface area contributed by atoms with Crippen LogP contribution in [0.5, 0.6) is 0 Å². The largest absolute Gasteiger partial charge is 0.347 e. The number of fused-ring (bicyclic) bond motifs is 2. The first-order chi connectivity index (χ1) is 9.79. The average molecular weight is 287 g/mol. The Bertz CT molecular complexity index is 599. The van der Waals surface area contributed by atoms with E-state index in [0.717, 1.165) is 30.8 Å². The van der Waals surface area contributed by atoms with Crippen molar-refractivity contribution in [2.75, 3.05) is 18.0 Å². The van der Waals surface area contributed by atoms with Gasteiger partial charge in [-0.05, 0) is 55.2 Å². The van der Waals surface area contributed by atoms with Crippen molar-refractivity contribution < 1.29 is 0 Å². The van der Waals surface area contributed by atoms with Crippen molar-refractivity contribution in [3.8, 4) is 0 Å². The second kappa shape index (κ2) is 5.86. The Morgan fingerprint density at radius 3 is 3.00 bits per heavy atom. The molecule has 0 saturated carbocycles. The number of rotatable bonds is 3. The summed E-state index contributed by atoms with van der Waals surface area (Å²) in [6.07, 6.45) is 12.0. The quantitative estimate of drug-likeness (QED) is 0.905. The molecule has 0 spiro atoms. The molecule has 2 N–H and O–H groups in total. The summed E-state index contributed by atoms with van der Waals surface area (Å²) in [4.78, 5) is 2.26. The van der Waals surface area contributed by atoms with Crippen LogP contribution in [0, 0.1) is 0 Å². The van der Waals surface area contributed by atoms with E-state index in [0.29, 0.717) is 6.54 Å². The fraction of sp³-hybridized carbons (Fsp3) is 0.294. The summed E-state index contributed by atoms with van der Waals surface area (Å²) < 4.78 is 0. The molecule has 2 aliphatic rings. The lowest BCUT2D eigenvalue weighted by Crippen LogP contribution is -2.20. The Morgan fingerprint density at radius 2 is 2.15 bits per heavy atom. The van der Waals surface area contributed by atoms with Gasteiger partial charge in [-0.2, -0.15) is 0 Å². The molecule has 0 bridgehead atoms. The van der Waals surface area contributed by atoms with Crippen molar-refractivity contribution in [2.24, 2.45) is 5.73 Å². The molecule has 0 aromatic heterocycles.